The third-order valence-corrected chi connectivity index (χ3v) is 3.99. The summed E-state index contributed by atoms with van der Waals surface area (Å²) in [6, 6.07) is 14.6. The number of nitrogens with one attached hydrogen (secondary N) is 1. The van der Waals surface area contributed by atoms with E-state index in [1.54, 1.807) is 31.4 Å². The SMILES string of the molecule is COc1ccccc1CCNC(=O)CCC(=O)c1ccccc1Cl. The first-order chi connectivity index (χ1) is 11.6. The van der Waals surface area contributed by atoms with Crippen molar-refractivity contribution < 1.29 is 14.3 Å². The number of hydrogen-bond donors (Lipinski definition) is 1. The van der Waals surface area contributed by atoms with Gasteiger partial charge in [-0.2, -0.15) is 0 Å². The van der Waals surface area contributed by atoms with Crippen molar-refractivity contribution in [2.45, 2.75) is 19.3 Å². The highest BCUT2D eigenvalue weighted by atomic mass is 35.5. The highest BCUT2D eigenvalue weighted by Gasteiger charge is 2.12. The number of amides is 1. The maximum absolute atomic E-state index is 12.1. The minimum atomic E-state index is -0.148. The average Bonchev–Trinajstić information content (AvgIpc) is 2.60. The number of ether oxygens (including phenoxy) is 1. The molecule has 24 heavy (non-hydrogen) atoms. The van der Waals surface area contributed by atoms with Gasteiger partial charge in [0.25, 0.3) is 0 Å². The molecule has 0 bridgehead atoms. The number of benzene rings is 2. The zero-order valence-electron chi connectivity index (χ0n) is 13.5. The Kier molecular flexibility index (Phi) is 6.82. The summed E-state index contributed by atoms with van der Waals surface area (Å²) in [4.78, 5) is 23.9. The molecule has 2 aromatic rings. The molecular formula is C19H20ClNO3. The molecule has 0 unspecified atom stereocenters. The van der Waals surface area contributed by atoms with Gasteiger partial charge in [-0.25, -0.2) is 0 Å². The lowest BCUT2D eigenvalue weighted by Gasteiger charge is -2.09. The third kappa shape index (κ3) is 5.10. The molecule has 0 aliphatic heterocycles. The van der Waals surface area contributed by atoms with E-state index in [-0.39, 0.29) is 24.5 Å². The van der Waals surface area contributed by atoms with Crippen molar-refractivity contribution in [1.29, 1.82) is 0 Å². The van der Waals surface area contributed by atoms with E-state index in [0.29, 0.717) is 23.6 Å². The Morgan fingerprint density at radius 1 is 1.04 bits per heavy atom. The summed E-state index contributed by atoms with van der Waals surface area (Å²) in [6.07, 6.45) is 0.967. The van der Waals surface area contributed by atoms with Gasteiger partial charge in [-0.05, 0) is 30.2 Å². The predicted molar refractivity (Wildman–Crippen MR) is 94.7 cm³/mol. The highest BCUT2D eigenvalue weighted by Crippen LogP contribution is 2.18. The predicted octanol–water partition coefficient (Wildman–Crippen LogP) is 3.67. The monoisotopic (exact) mass is 345 g/mol. The maximum atomic E-state index is 12.1. The molecule has 0 aliphatic rings. The van der Waals surface area contributed by atoms with Crippen LogP contribution in [0.15, 0.2) is 48.5 Å². The van der Waals surface area contributed by atoms with Crippen LogP contribution >= 0.6 is 11.6 Å². The number of para-hydroxylation sites is 1. The van der Waals surface area contributed by atoms with Gasteiger partial charge in [0.05, 0.1) is 12.1 Å². The van der Waals surface area contributed by atoms with Crippen LogP contribution < -0.4 is 10.1 Å². The van der Waals surface area contributed by atoms with Crippen LogP contribution in [0, 0.1) is 0 Å². The largest absolute Gasteiger partial charge is 0.496 e. The number of ketones is 1. The van der Waals surface area contributed by atoms with Gasteiger partial charge in [0.2, 0.25) is 5.91 Å². The number of hydrogen-bond acceptors (Lipinski definition) is 3. The molecule has 0 aliphatic carbocycles. The lowest BCUT2D eigenvalue weighted by Crippen LogP contribution is -2.26. The number of halogens is 1. The van der Waals surface area contributed by atoms with Crippen LogP contribution in [-0.2, 0) is 11.2 Å². The molecule has 5 heteroatoms. The minimum absolute atomic E-state index is 0.125. The Bertz CT molecular complexity index is 715. The van der Waals surface area contributed by atoms with Gasteiger partial charge in [-0.3, -0.25) is 9.59 Å². The van der Waals surface area contributed by atoms with Crippen LogP contribution in [-0.4, -0.2) is 25.3 Å². The van der Waals surface area contributed by atoms with Crippen LogP contribution in [0.25, 0.3) is 0 Å². The van der Waals surface area contributed by atoms with E-state index in [1.807, 2.05) is 24.3 Å². The quantitative estimate of drug-likeness (QED) is 0.743. The molecule has 0 aromatic heterocycles. The highest BCUT2D eigenvalue weighted by molar-refractivity contribution is 6.34. The fourth-order valence-electron chi connectivity index (χ4n) is 2.38. The van der Waals surface area contributed by atoms with Crippen molar-refractivity contribution in [1.82, 2.24) is 5.32 Å². The molecular weight excluding hydrogens is 326 g/mol. The summed E-state index contributed by atoms with van der Waals surface area (Å²) >= 11 is 5.98. The molecule has 126 valence electrons. The van der Waals surface area contributed by atoms with Crippen molar-refractivity contribution in [3.8, 4) is 5.75 Å². The molecule has 0 radical (unpaired) electrons. The maximum Gasteiger partial charge on any atom is 0.220 e. The van der Waals surface area contributed by atoms with E-state index in [2.05, 4.69) is 5.32 Å². The Morgan fingerprint density at radius 2 is 1.75 bits per heavy atom. The number of Topliss-reactive ketones (excluding diaryl/α,β-unsaturated/α-hetero) is 1. The zero-order valence-corrected chi connectivity index (χ0v) is 14.3. The second-order valence-electron chi connectivity index (χ2n) is 5.31. The van der Waals surface area contributed by atoms with Gasteiger partial charge in [-0.15, -0.1) is 0 Å². The topological polar surface area (TPSA) is 55.4 Å². The van der Waals surface area contributed by atoms with E-state index in [0.717, 1.165) is 11.3 Å². The summed E-state index contributed by atoms with van der Waals surface area (Å²) in [6.45, 7) is 0.499. The summed E-state index contributed by atoms with van der Waals surface area (Å²) in [5.74, 6) is 0.534. The van der Waals surface area contributed by atoms with Crippen molar-refractivity contribution in [3.63, 3.8) is 0 Å². The van der Waals surface area contributed by atoms with Crippen LogP contribution in [0.1, 0.15) is 28.8 Å². The molecule has 0 spiro atoms. The standard InChI is InChI=1S/C19H20ClNO3/c1-24-18-9-5-2-6-14(18)12-13-21-19(23)11-10-17(22)15-7-3-4-8-16(15)20/h2-9H,10-13H2,1H3,(H,21,23). The summed E-state index contributed by atoms with van der Waals surface area (Å²) in [5.41, 5.74) is 1.49. The molecule has 0 saturated heterocycles. The normalized spacial score (nSPS) is 10.2. The second-order valence-corrected chi connectivity index (χ2v) is 5.72. The molecule has 0 saturated carbocycles. The fraction of sp³-hybridized carbons (Fsp3) is 0.263. The summed E-state index contributed by atoms with van der Waals surface area (Å²) in [7, 11) is 1.62. The molecule has 0 fully saturated rings. The van der Waals surface area contributed by atoms with Crippen LogP contribution in [0.5, 0.6) is 5.75 Å². The molecule has 1 amide bonds. The first-order valence-electron chi connectivity index (χ1n) is 7.78. The summed E-state index contributed by atoms with van der Waals surface area (Å²) in [5, 5.41) is 3.24. The first-order valence-corrected chi connectivity index (χ1v) is 8.16. The third-order valence-electron chi connectivity index (χ3n) is 3.66. The smallest absolute Gasteiger partial charge is 0.220 e. The van der Waals surface area contributed by atoms with Gasteiger partial charge in [0.15, 0.2) is 5.78 Å². The van der Waals surface area contributed by atoms with Gasteiger partial charge in [-0.1, -0.05) is 41.9 Å². The van der Waals surface area contributed by atoms with Crippen molar-refractivity contribution in [3.05, 3.63) is 64.7 Å². The zero-order chi connectivity index (χ0) is 17.4. The average molecular weight is 346 g/mol. The molecule has 2 aromatic carbocycles. The van der Waals surface area contributed by atoms with Crippen LogP contribution in [0.2, 0.25) is 5.02 Å². The number of carbonyl (C=O) groups excluding carboxylic acids is 2. The van der Waals surface area contributed by atoms with E-state index in [1.165, 1.54) is 0 Å². The van der Waals surface area contributed by atoms with Crippen molar-refractivity contribution in [2.75, 3.05) is 13.7 Å². The minimum Gasteiger partial charge on any atom is -0.496 e. The molecule has 0 heterocycles. The lowest BCUT2D eigenvalue weighted by atomic mass is 10.1. The van der Waals surface area contributed by atoms with Gasteiger partial charge in [0.1, 0.15) is 5.75 Å². The molecule has 2 rings (SSSR count). The van der Waals surface area contributed by atoms with Gasteiger partial charge < -0.3 is 10.1 Å². The fourth-order valence-corrected chi connectivity index (χ4v) is 2.62. The van der Waals surface area contributed by atoms with Crippen molar-refractivity contribution in [2.24, 2.45) is 0 Å². The number of carbonyl (C=O) groups is 2. The van der Waals surface area contributed by atoms with E-state index >= 15 is 0 Å². The first kappa shape index (κ1) is 18.0. The number of rotatable bonds is 8. The van der Waals surface area contributed by atoms with Gasteiger partial charge >= 0.3 is 0 Å². The van der Waals surface area contributed by atoms with E-state index in [4.69, 9.17) is 16.3 Å². The van der Waals surface area contributed by atoms with Gasteiger partial charge in [0, 0.05) is 24.9 Å². The Morgan fingerprint density at radius 3 is 2.50 bits per heavy atom. The lowest BCUT2D eigenvalue weighted by molar-refractivity contribution is -0.121. The second kappa shape index (κ2) is 9.08. The molecule has 0 atom stereocenters. The number of methoxy groups -OCH3 is 1. The molecule has 4 nitrogen and oxygen atoms in total. The Labute approximate surface area is 146 Å². The van der Waals surface area contributed by atoms with Crippen LogP contribution in [0.4, 0.5) is 0 Å². The Balaban J connectivity index is 1.76. The van der Waals surface area contributed by atoms with Crippen molar-refractivity contribution >= 4 is 23.3 Å². The van der Waals surface area contributed by atoms with E-state index < -0.39 is 0 Å². The summed E-state index contributed by atoms with van der Waals surface area (Å²) < 4.78 is 5.27. The Hall–Kier alpha value is -2.33. The van der Waals surface area contributed by atoms with Crippen LogP contribution in [0.3, 0.4) is 0 Å². The molecule has 1 N–H and O–H groups in total. The van der Waals surface area contributed by atoms with E-state index in [9.17, 15) is 9.59 Å².